The van der Waals surface area contributed by atoms with Crippen LogP contribution in [0.4, 0.5) is 69.4 Å². The molecule has 0 spiro atoms. The first-order valence-electron chi connectivity index (χ1n) is 29.1. The van der Waals surface area contributed by atoms with Gasteiger partial charge in [-0.3, -0.25) is 43.7 Å². The second-order valence-electron chi connectivity index (χ2n) is 21.4. The van der Waals surface area contributed by atoms with E-state index in [2.05, 4.69) is 93.7 Å². The molecule has 0 saturated carbocycles. The third-order valence-corrected chi connectivity index (χ3v) is 14.2. The quantitative estimate of drug-likeness (QED) is 0.0215. The summed E-state index contributed by atoms with van der Waals surface area (Å²) in [6.45, 7) is 2.85. The molecular formula is C57H66N21O18Ru. The molecule has 3 aliphatic rings. The van der Waals surface area contributed by atoms with E-state index in [1.165, 1.54) is 36.4 Å². The van der Waals surface area contributed by atoms with Crippen LogP contribution in [-0.4, -0.2) is 174 Å². The van der Waals surface area contributed by atoms with Crippen molar-refractivity contribution in [1.82, 2.24) is 45.9 Å². The van der Waals surface area contributed by atoms with Gasteiger partial charge >= 0.3 is 37.4 Å². The summed E-state index contributed by atoms with van der Waals surface area (Å²) < 4.78 is 0. The Morgan fingerprint density at radius 1 is 0.433 bits per heavy atom. The first-order valence-corrected chi connectivity index (χ1v) is 29.1. The van der Waals surface area contributed by atoms with E-state index < -0.39 is 90.9 Å². The average Bonchev–Trinajstić information content (AvgIpc) is 0.852. The molecule has 3 aromatic carbocycles. The summed E-state index contributed by atoms with van der Waals surface area (Å²) in [7, 11) is 0. The first kappa shape index (κ1) is 73.8. The fraction of sp³-hybridized carbons (Fsp3) is 0.316. The molecule has 515 valence electrons. The molecule has 0 aliphatic carbocycles. The monoisotopic (exact) mass is 1430 g/mol. The number of aromatic amines is 3. The molecule has 24 N–H and O–H groups in total. The van der Waals surface area contributed by atoms with Crippen LogP contribution >= 0.6 is 0 Å². The van der Waals surface area contributed by atoms with Crippen molar-refractivity contribution in [2.75, 3.05) is 104 Å². The molecule has 3 amide bonds. The number of amides is 3. The van der Waals surface area contributed by atoms with E-state index in [4.69, 9.17) is 32.5 Å². The number of carboxylic acids is 6. The largest absolute Gasteiger partial charge is 3.00 e. The zero-order chi connectivity index (χ0) is 69.8. The van der Waals surface area contributed by atoms with Gasteiger partial charge in [0.15, 0.2) is 17.5 Å². The molecule has 3 aromatic heterocycles. The third kappa shape index (κ3) is 22.2. The summed E-state index contributed by atoms with van der Waals surface area (Å²) >= 11 is 0. The topological polar surface area (TPSA) is 643 Å². The number of nitrogens with two attached hydrogens (primary N) is 3. The molecule has 3 aliphatic heterocycles. The number of carbonyl (C=O) groups is 9. The number of nitrogens with one attached hydrogen (secondary N) is 15. The van der Waals surface area contributed by atoms with Gasteiger partial charge in [-0.2, -0.15) is 15.0 Å². The summed E-state index contributed by atoms with van der Waals surface area (Å²) in [6, 6.07) is 14.5. The van der Waals surface area contributed by atoms with Crippen molar-refractivity contribution < 1.29 is 93.3 Å². The molecule has 0 bridgehead atoms. The number of nitrogens with zero attached hydrogens (tertiary/aromatic N) is 3. The molecule has 6 atom stereocenters. The van der Waals surface area contributed by atoms with Crippen LogP contribution in [0.5, 0.6) is 0 Å². The van der Waals surface area contributed by atoms with E-state index in [1.54, 1.807) is 36.4 Å². The van der Waals surface area contributed by atoms with E-state index >= 15 is 0 Å². The number of aromatic nitrogens is 6. The van der Waals surface area contributed by atoms with Crippen molar-refractivity contribution in [3.05, 3.63) is 121 Å². The number of anilines is 12. The van der Waals surface area contributed by atoms with Crippen LogP contribution in [0.2, 0.25) is 0 Å². The number of benzene rings is 3. The molecule has 0 fully saturated rings. The number of rotatable bonds is 27. The maximum absolute atomic E-state index is 12.3. The van der Waals surface area contributed by atoms with Crippen LogP contribution in [0.1, 0.15) is 69.6 Å². The predicted octanol–water partition coefficient (Wildman–Crippen LogP) is -4.85. The van der Waals surface area contributed by atoms with Crippen LogP contribution in [0.25, 0.3) is 0 Å². The zero-order valence-electron chi connectivity index (χ0n) is 50.8. The summed E-state index contributed by atoms with van der Waals surface area (Å²) in [5, 5.41) is 93.8. The molecule has 1 radical (unpaired) electrons. The van der Waals surface area contributed by atoms with E-state index in [0.29, 0.717) is 90.8 Å². The van der Waals surface area contributed by atoms with Gasteiger partial charge in [0.05, 0.1) is 18.1 Å². The summed E-state index contributed by atoms with van der Waals surface area (Å²) in [5.41, 5.74) is 19.1. The second-order valence-corrected chi connectivity index (χ2v) is 21.4. The van der Waals surface area contributed by atoms with E-state index in [9.17, 15) is 72.9 Å². The van der Waals surface area contributed by atoms with Gasteiger partial charge in [0.1, 0.15) is 35.2 Å². The Morgan fingerprint density at radius 3 is 0.887 bits per heavy atom. The Hall–Kier alpha value is -12.2. The number of fused-ring (bicyclic) bond motifs is 3. The first-order chi connectivity index (χ1) is 45.7. The van der Waals surface area contributed by atoms with Crippen LogP contribution < -0.4 is 113 Å². The Labute approximate surface area is 559 Å². The number of carboxylic acid groups (broad SMARTS) is 6. The smallest absolute Gasteiger partial charge is 0.550 e. The van der Waals surface area contributed by atoms with Gasteiger partial charge in [-0.15, -0.1) is 0 Å². The molecule has 40 heteroatoms. The minimum Gasteiger partial charge on any atom is -0.550 e. The Balaban J connectivity index is 0.000000229. The standard InChI is InChI=1S/3C19H23N7O6.Ru/c3*20-19-25-15-14(17(30)26-19)23-11(8-22-15)7-21-10-3-1-9(2-4-10)16(29)24-12(18(31)32)5-6-13(27)28;/h3*1-4,11-12,21,23H,5-8H2,(H,24,29)(H,27,28)(H,31,32)(H4,20,22,25,26,30);/q;;;+3/p-3/t3*11?,12-;/m000./s1. The Morgan fingerprint density at radius 2 is 0.670 bits per heavy atom. The minimum atomic E-state index is -1.39. The van der Waals surface area contributed by atoms with Crippen LogP contribution in [-0.2, 0) is 48.2 Å². The number of H-pyrrole nitrogens is 3. The molecule has 3 unspecified atom stereocenters. The van der Waals surface area contributed by atoms with E-state index in [-0.39, 0.29) is 108 Å². The molecule has 39 nitrogen and oxygen atoms in total. The minimum absolute atomic E-state index is 0. The van der Waals surface area contributed by atoms with Crippen molar-refractivity contribution in [2.45, 2.75) is 74.8 Å². The van der Waals surface area contributed by atoms with Crippen molar-refractivity contribution in [1.29, 1.82) is 0 Å². The fourth-order valence-corrected chi connectivity index (χ4v) is 9.28. The molecule has 0 saturated heterocycles. The number of hydrogen-bond donors (Lipinski definition) is 21. The van der Waals surface area contributed by atoms with Crippen molar-refractivity contribution >= 4 is 123 Å². The fourth-order valence-electron chi connectivity index (χ4n) is 9.28. The van der Waals surface area contributed by atoms with Gasteiger partial charge in [0, 0.05) is 90.9 Å². The van der Waals surface area contributed by atoms with Crippen molar-refractivity contribution in [3.63, 3.8) is 0 Å². The molecule has 6 heterocycles. The zero-order valence-corrected chi connectivity index (χ0v) is 52.5. The Kier molecular flexibility index (Phi) is 26.3. The summed E-state index contributed by atoms with van der Waals surface area (Å²) in [5.74, 6) is -8.84. The maximum atomic E-state index is 12.3. The number of carbonyl (C=O) groups excluding carboxylic acids is 6. The Bertz CT molecular complexity index is 3620. The molecule has 97 heavy (non-hydrogen) atoms. The molecular weight excluding hydrogens is 1370 g/mol. The normalized spacial score (nSPS) is 15.3. The maximum Gasteiger partial charge on any atom is 3.00 e. The van der Waals surface area contributed by atoms with Gasteiger partial charge in [0.25, 0.3) is 34.4 Å². The third-order valence-electron chi connectivity index (χ3n) is 14.2. The van der Waals surface area contributed by atoms with Crippen LogP contribution in [0.15, 0.2) is 87.2 Å². The van der Waals surface area contributed by atoms with Gasteiger partial charge in [-0.05, 0) is 111 Å². The van der Waals surface area contributed by atoms with Gasteiger partial charge in [-0.1, -0.05) is 0 Å². The predicted molar refractivity (Wildman–Crippen MR) is 340 cm³/mol. The average molecular weight is 1430 g/mol. The van der Waals surface area contributed by atoms with Crippen LogP contribution in [0, 0.1) is 0 Å². The van der Waals surface area contributed by atoms with E-state index in [1.807, 2.05) is 0 Å². The SMILES string of the molecule is Nc1nc2c(c(=O)[nH]1)NC(CNc1ccc(C(=O)N[C@@H](CCC(=O)[O-])C(=O)O)cc1)CN2.Nc1nc2c(c(=O)[nH]1)NC(CNc1ccc(C(=O)N[C@@H](CCC(=O)[O-])C(=O)O)cc1)CN2.Nc1nc2c(c(=O)[nH]1)NC(CNc1ccc(C(=O)N[C@@H](CCC(=O)[O-])C(=O)O)cc1)CN2.[Ru+3]. The van der Waals surface area contributed by atoms with Crippen molar-refractivity contribution in [2.24, 2.45) is 0 Å². The second kappa shape index (κ2) is 34.6. The number of aliphatic carboxylic acids is 6. The summed E-state index contributed by atoms with van der Waals surface area (Å²) in [6.07, 6.45) is -2.28. The van der Waals surface area contributed by atoms with Crippen LogP contribution in [0.3, 0.4) is 0 Å². The molecule has 6 aromatic rings. The van der Waals surface area contributed by atoms with Gasteiger partial charge in [-0.25, -0.2) is 14.4 Å². The number of nitrogen functional groups attached to an aromatic ring is 3. The van der Waals surface area contributed by atoms with E-state index in [0.717, 1.165) is 0 Å². The molecule has 9 rings (SSSR count). The van der Waals surface area contributed by atoms with Gasteiger partial charge < -0.3 is 126 Å². The summed E-state index contributed by atoms with van der Waals surface area (Å²) in [4.78, 5) is 157. The van der Waals surface area contributed by atoms with Gasteiger partial charge in [0.2, 0.25) is 17.8 Å². The van der Waals surface area contributed by atoms with Crippen molar-refractivity contribution in [3.8, 4) is 0 Å². The number of hydrogen-bond acceptors (Lipinski definition) is 30.